The summed E-state index contributed by atoms with van der Waals surface area (Å²) < 4.78 is 7.56. The zero-order valence-corrected chi connectivity index (χ0v) is 14.8. The van der Waals surface area contributed by atoms with Gasteiger partial charge in [0.05, 0.1) is 11.0 Å². The van der Waals surface area contributed by atoms with Crippen molar-refractivity contribution in [3.8, 4) is 0 Å². The van der Waals surface area contributed by atoms with Crippen LogP contribution in [0.15, 0.2) is 12.1 Å². The standard InChI is InChI=1S/C18H26N4S/c1-2-3-4-5-6-7-8-9-10-11-16-19-14-12-13-15-18(17(14)20-16)22-23-21-15/h12-13,21H,2-11H2,1H3. The lowest BCUT2D eigenvalue weighted by molar-refractivity contribution is 0.562. The van der Waals surface area contributed by atoms with Gasteiger partial charge in [0.2, 0.25) is 0 Å². The number of hydrogen-bond acceptors (Lipinski definition) is 4. The topological polar surface area (TPSA) is 54.5 Å². The number of nitrogens with zero attached hydrogens (tertiary/aromatic N) is 3. The van der Waals surface area contributed by atoms with Gasteiger partial charge in [-0.25, -0.2) is 9.97 Å². The van der Waals surface area contributed by atoms with Crippen molar-refractivity contribution in [3.05, 3.63) is 18.0 Å². The predicted octanol–water partition coefficient (Wildman–Crippen LogP) is 5.64. The Morgan fingerprint density at radius 2 is 1.61 bits per heavy atom. The molecule has 0 atom stereocenters. The number of benzene rings is 1. The Balaban J connectivity index is 1.41. The van der Waals surface area contributed by atoms with E-state index in [4.69, 9.17) is 4.98 Å². The highest BCUT2D eigenvalue weighted by molar-refractivity contribution is 7.00. The fraction of sp³-hybridized carbons (Fsp3) is 0.611. The minimum Gasteiger partial charge on any atom is -0.293 e. The lowest BCUT2D eigenvalue weighted by atomic mass is 10.1. The Labute approximate surface area is 142 Å². The molecule has 0 radical (unpaired) electrons. The SMILES string of the molecule is CCCCCCCCCCCc1nc2ccc3[nH]snc3c2n1. The van der Waals surface area contributed by atoms with Crippen molar-refractivity contribution < 1.29 is 0 Å². The first-order valence-electron chi connectivity index (χ1n) is 8.98. The molecule has 3 rings (SSSR count). The van der Waals surface area contributed by atoms with E-state index in [9.17, 15) is 0 Å². The molecule has 3 aromatic rings. The third-order valence-corrected chi connectivity index (χ3v) is 5.00. The third-order valence-electron chi connectivity index (χ3n) is 4.42. The number of aromatic amines is 1. The van der Waals surface area contributed by atoms with Crippen molar-refractivity contribution in [1.82, 2.24) is 18.7 Å². The molecule has 2 heterocycles. The van der Waals surface area contributed by atoms with Gasteiger partial charge in [-0.3, -0.25) is 4.37 Å². The zero-order valence-electron chi connectivity index (χ0n) is 14.0. The van der Waals surface area contributed by atoms with Gasteiger partial charge in [0.25, 0.3) is 0 Å². The van der Waals surface area contributed by atoms with E-state index in [1.165, 1.54) is 69.5 Å². The van der Waals surface area contributed by atoms with Gasteiger partial charge in [-0.1, -0.05) is 58.3 Å². The highest BCUT2D eigenvalue weighted by Gasteiger charge is 2.09. The molecule has 0 saturated heterocycles. The Kier molecular flexibility index (Phi) is 5.97. The van der Waals surface area contributed by atoms with Crippen LogP contribution in [-0.2, 0) is 6.42 Å². The first-order valence-corrected chi connectivity index (χ1v) is 9.75. The maximum atomic E-state index is 4.69. The molecule has 2 aromatic heterocycles. The molecule has 23 heavy (non-hydrogen) atoms. The van der Waals surface area contributed by atoms with E-state index in [0.717, 1.165) is 34.3 Å². The Morgan fingerprint density at radius 3 is 2.39 bits per heavy atom. The van der Waals surface area contributed by atoms with Crippen molar-refractivity contribution in [2.75, 3.05) is 0 Å². The molecule has 4 nitrogen and oxygen atoms in total. The number of imidazole rings is 1. The molecule has 0 aliphatic heterocycles. The van der Waals surface area contributed by atoms with Gasteiger partial charge in [0.1, 0.15) is 16.9 Å². The van der Waals surface area contributed by atoms with Crippen LogP contribution >= 0.6 is 11.7 Å². The number of fused-ring (bicyclic) bond motifs is 3. The maximum absolute atomic E-state index is 4.69. The van der Waals surface area contributed by atoms with Crippen LogP contribution in [0.2, 0.25) is 0 Å². The van der Waals surface area contributed by atoms with Crippen molar-refractivity contribution in [2.24, 2.45) is 0 Å². The number of aromatic nitrogens is 4. The molecule has 0 aliphatic carbocycles. The molecule has 0 spiro atoms. The van der Waals surface area contributed by atoms with Crippen LogP contribution < -0.4 is 0 Å². The van der Waals surface area contributed by atoms with Gasteiger partial charge in [-0.2, -0.15) is 4.37 Å². The molecule has 5 heteroatoms. The first-order chi connectivity index (χ1) is 11.4. The van der Waals surface area contributed by atoms with Gasteiger partial charge in [-0.05, 0) is 18.6 Å². The highest BCUT2D eigenvalue weighted by atomic mass is 32.1. The lowest BCUT2D eigenvalue weighted by Crippen LogP contribution is -1.88. The Morgan fingerprint density at radius 1 is 0.870 bits per heavy atom. The summed E-state index contributed by atoms with van der Waals surface area (Å²) in [6.07, 6.45) is 13.1. The molecule has 1 aromatic carbocycles. The number of hydrogen-bond donors (Lipinski definition) is 1. The number of nitrogens with one attached hydrogen (secondary N) is 1. The average Bonchev–Trinajstić information content (AvgIpc) is 3.18. The fourth-order valence-electron chi connectivity index (χ4n) is 3.06. The van der Waals surface area contributed by atoms with Crippen LogP contribution in [0.3, 0.4) is 0 Å². The van der Waals surface area contributed by atoms with E-state index >= 15 is 0 Å². The van der Waals surface area contributed by atoms with Crippen molar-refractivity contribution in [3.63, 3.8) is 0 Å². The third kappa shape index (κ3) is 4.28. The first kappa shape index (κ1) is 16.4. The van der Waals surface area contributed by atoms with E-state index in [2.05, 4.69) is 20.7 Å². The van der Waals surface area contributed by atoms with Gasteiger partial charge < -0.3 is 0 Å². The Bertz CT molecular complexity index is 731. The number of aryl methyl sites for hydroxylation is 1. The summed E-state index contributed by atoms with van der Waals surface area (Å²) in [5, 5.41) is 0. The summed E-state index contributed by atoms with van der Waals surface area (Å²) in [4.78, 5) is 9.34. The molecule has 1 N–H and O–H groups in total. The van der Waals surface area contributed by atoms with Crippen LogP contribution in [0.5, 0.6) is 0 Å². The summed E-state index contributed by atoms with van der Waals surface area (Å²) in [6.45, 7) is 2.27. The minimum absolute atomic E-state index is 0.950. The second kappa shape index (κ2) is 8.39. The summed E-state index contributed by atoms with van der Waals surface area (Å²) in [7, 11) is 0. The molecule has 0 amide bonds. The number of rotatable bonds is 10. The van der Waals surface area contributed by atoms with Gasteiger partial charge in [0.15, 0.2) is 0 Å². The quantitative estimate of drug-likeness (QED) is 0.489. The second-order valence-corrected chi connectivity index (χ2v) is 6.90. The van der Waals surface area contributed by atoms with E-state index in [1.807, 2.05) is 12.1 Å². The molecule has 0 fully saturated rings. The largest absolute Gasteiger partial charge is 0.293 e. The highest BCUT2D eigenvalue weighted by Crippen LogP contribution is 2.22. The average molecular weight is 331 g/mol. The predicted molar refractivity (Wildman–Crippen MR) is 98.0 cm³/mol. The minimum atomic E-state index is 0.950. The normalized spacial score (nSPS) is 11.7. The van der Waals surface area contributed by atoms with E-state index in [1.54, 1.807) is 0 Å². The van der Waals surface area contributed by atoms with Crippen molar-refractivity contribution in [1.29, 1.82) is 0 Å². The van der Waals surface area contributed by atoms with E-state index < -0.39 is 0 Å². The molecule has 0 aliphatic rings. The van der Waals surface area contributed by atoms with Crippen LogP contribution in [-0.4, -0.2) is 18.7 Å². The van der Waals surface area contributed by atoms with Crippen LogP contribution in [0.25, 0.3) is 22.1 Å². The second-order valence-electron chi connectivity index (χ2n) is 6.33. The Hall–Kier alpha value is -1.49. The molecule has 0 saturated carbocycles. The van der Waals surface area contributed by atoms with E-state index in [0.29, 0.717) is 0 Å². The van der Waals surface area contributed by atoms with Crippen molar-refractivity contribution in [2.45, 2.75) is 71.1 Å². The van der Waals surface area contributed by atoms with Gasteiger partial charge in [0, 0.05) is 18.1 Å². The number of unbranched alkanes of at least 4 members (excludes halogenated alkanes) is 8. The molecule has 124 valence electrons. The summed E-state index contributed by atoms with van der Waals surface area (Å²) in [6, 6.07) is 4.08. The molecule has 0 unspecified atom stereocenters. The van der Waals surface area contributed by atoms with Crippen molar-refractivity contribution >= 4 is 33.8 Å². The molecular weight excluding hydrogens is 304 g/mol. The molecule has 0 bridgehead atoms. The van der Waals surface area contributed by atoms with Crippen LogP contribution in [0, 0.1) is 0 Å². The van der Waals surface area contributed by atoms with Gasteiger partial charge >= 0.3 is 0 Å². The smallest absolute Gasteiger partial charge is 0.130 e. The van der Waals surface area contributed by atoms with Gasteiger partial charge in [-0.15, -0.1) is 0 Å². The summed E-state index contributed by atoms with van der Waals surface area (Å²) in [5.41, 5.74) is 3.93. The van der Waals surface area contributed by atoms with Crippen LogP contribution in [0.1, 0.15) is 70.5 Å². The summed E-state index contributed by atoms with van der Waals surface area (Å²) in [5.74, 6) is 0.975. The van der Waals surface area contributed by atoms with Crippen LogP contribution in [0.4, 0.5) is 0 Å². The zero-order chi connectivity index (χ0) is 15.9. The van der Waals surface area contributed by atoms with E-state index in [-0.39, 0.29) is 0 Å². The monoisotopic (exact) mass is 330 g/mol. The maximum Gasteiger partial charge on any atom is 0.130 e. The fourth-order valence-corrected chi connectivity index (χ4v) is 3.65. The lowest BCUT2D eigenvalue weighted by Gasteiger charge is -2.00. The molecular formula is C18H26N4S. The number of H-pyrrole nitrogens is 1. The summed E-state index contributed by atoms with van der Waals surface area (Å²) >= 11 is 1.37.